The van der Waals surface area contributed by atoms with Crippen molar-refractivity contribution in [1.82, 2.24) is 10.2 Å². The molecule has 0 saturated carbocycles. The van der Waals surface area contributed by atoms with E-state index in [1.165, 1.54) is 11.3 Å². The zero-order valence-corrected chi connectivity index (χ0v) is 13.1. The van der Waals surface area contributed by atoms with Gasteiger partial charge in [0.05, 0.1) is 7.11 Å². The summed E-state index contributed by atoms with van der Waals surface area (Å²) in [5, 5.41) is 14.8. The molecule has 112 valence electrons. The van der Waals surface area contributed by atoms with E-state index >= 15 is 0 Å². The van der Waals surface area contributed by atoms with Gasteiger partial charge in [0.2, 0.25) is 10.1 Å². The molecule has 1 aromatic heterocycles. The third-order valence-electron chi connectivity index (χ3n) is 2.83. The van der Waals surface area contributed by atoms with Crippen LogP contribution >= 0.6 is 11.3 Å². The van der Waals surface area contributed by atoms with Gasteiger partial charge >= 0.3 is 0 Å². The highest BCUT2D eigenvalue weighted by Gasteiger charge is 2.14. The molecule has 0 fully saturated rings. The van der Waals surface area contributed by atoms with E-state index in [0.29, 0.717) is 10.1 Å². The summed E-state index contributed by atoms with van der Waals surface area (Å²) < 4.78 is 5.14. The number of hydrogen-bond donors (Lipinski definition) is 2. The summed E-state index contributed by atoms with van der Waals surface area (Å²) >= 11 is 1.24. The number of rotatable bonds is 6. The van der Waals surface area contributed by atoms with Gasteiger partial charge in [-0.2, -0.15) is 0 Å². The predicted octanol–water partition coefficient (Wildman–Crippen LogP) is 2.93. The van der Waals surface area contributed by atoms with Crippen LogP contribution in [0.3, 0.4) is 0 Å². The van der Waals surface area contributed by atoms with Crippen LogP contribution in [0.25, 0.3) is 0 Å². The Morgan fingerprint density at radius 2 is 2.19 bits per heavy atom. The van der Waals surface area contributed by atoms with Gasteiger partial charge in [-0.05, 0) is 37.1 Å². The second-order valence-electron chi connectivity index (χ2n) is 4.47. The van der Waals surface area contributed by atoms with Crippen molar-refractivity contribution in [3.63, 3.8) is 0 Å². The monoisotopic (exact) mass is 306 g/mol. The van der Waals surface area contributed by atoms with E-state index in [1.54, 1.807) is 13.2 Å². The van der Waals surface area contributed by atoms with Crippen LogP contribution in [-0.4, -0.2) is 29.8 Å². The van der Waals surface area contributed by atoms with Gasteiger partial charge in [-0.3, -0.25) is 4.79 Å². The number of nitrogens with zero attached hydrogens (tertiary/aromatic N) is 2. The first-order chi connectivity index (χ1) is 10.1. The molecule has 1 amide bonds. The van der Waals surface area contributed by atoms with Gasteiger partial charge in [-0.1, -0.05) is 18.3 Å². The van der Waals surface area contributed by atoms with Crippen LogP contribution in [0.5, 0.6) is 5.75 Å². The van der Waals surface area contributed by atoms with E-state index < -0.39 is 0 Å². The standard InChI is InChI=1S/C14H18N4O2S/c1-4-7-15-14-18-17-13(21-14)12(19)16-11-6-5-10(20-3)8-9(11)2/h5-6,8H,4,7H2,1-3H3,(H,15,18)(H,16,19). The second kappa shape index (κ2) is 7.03. The van der Waals surface area contributed by atoms with Crippen LogP contribution < -0.4 is 15.4 Å². The Morgan fingerprint density at radius 1 is 1.38 bits per heavy atom. The van der Waals surface area contributed by atoms with Gasteiger partial charge in [-0.25, -0.2) is 0 Å². The lowest BCUT2D eigenvalue weighted by Gasteiger charge is -2.08. The van der Waals surface area contributed by atoms with Gasteiger partial charge in [-0.15, -0.1) is 10.2 Å². The number of aromatic nitrogens is 2. The quantitative estimate of drug-likeness (QED) is 0.858. The van der Waals surface area contributed by atoms with Gasteiger partial charge in [0.25, 0.3) is 5.91 Å². The Balaban J connectivity index is 2.05. The van der Waals surface area contributed by atoms with Crippen LogP contribution in [0, 0.1) is 6.92 Å². The maximum atomic E-state index is 12.1. The van der Waals surface area contributed by atoms with Crippen molar-refractivity contribution in [2.24, 2.45) is 0 Å². The van der Waals surface area contributed by atoms with Gasteiger partial charge in [0, 0.05) is 12.2 Å². The topological polar surface area (TPSA) is 76.1 Å². The van der Waals surface area contributed by atoms with Gasteiger partial charge in [0.1, 0.15) is 5.75 Å². The Bertz CT molecular complexity index is 627. The minimum atomic E-state index is -0.259. The molecule has 0 aliphatic heterocycles. The average Bonchev–Trinajstić information content (AvgIpc) is 2.96. The summed E-state index contributed by atoms with van der Waals surface area (Å²) in [6.07, 6.45) is 0.992. The molecular weight excluding hydrogens is 288 g/mol. The highest BCUT2D eigenvalue weighted by Crippen LogP contribution is 2.22. The number of carbonyl (C=O) groups is 1. The van der Waals surface area contributed by atoms with Crippen molar-refractivity contribution in [3.05, 3.63) is 28.8 Å². The fourth-order valence-corrected chi connectivity index (χ4v) is 2.36. The van der Waals surface area contributed by atoms with Crippen LogP contribution in [0.1, 0.15) is 28.7 Å². The van der Waals surface area contributed by atoms with Crippen LogP contribution in [-0.2, 0) is 0 Å². The zero-order valence-electron chi connectivity index (χ0n) is 12.3. The smallest absolute Gasteiger partial charge is 0.286 e. The normalized spacial score (nSPS) is 10.2. The first-order valence-corrected chi connectivity index (χ1v) is 7.49. The Labute approximate surface area is 127 Å². The number of aryl methyl sites for hydroxylation is 1. The van der Waals surface area contributed by atoms with Crippen molar-refractivity contribution < 1.29 is 9.53 Å². The van der Waals surface area contributed by atoms with Crippen molar-refractivity contribution in [3.8, 4) is 5.75 Å². The molecule has 2 aromatic rings. The largest absolute Gasteiger partial charge is 0.497 e. The number of ether oxygens (including phenoxy) is 1. The molecule has 2 N–H and O–H groups in total. The molecule has 2 rings (SSSR count). The molecule has 1 heterocycles. The maximum absolute atomic E-state index is 12.1. The molecule has 1 aromatic carbocycles. The number of amides is 1. The predicted molar refractivity (Wildman–Crippen MR) is 84.4 cm³/mol. The molecule has 6 nitrogen and oxygen atoms in total. The van der Waals surface area contributed by atoms with Gasteiger partial charge in [0.15, 0.2) is 0 Å². The summed E-state index contributed by atoms with van der Waals surface area (Å²) in [6, 6.07) is 5.48. The average molecular weight is 306 g/mol. The summed E-state index contributed by atoms with van der Waals surface area (Å²) in [5.74, 6) is 0.498. The van der Waals surface area contributed by atoms with Crippen LogP contribution in [0.2, 0.25) is 0 Å². The molecule has 0 saturated heterocycles. The number of nitrogens with one attached hydrogen (secondary N) is 2. The van der Waals surface area contributed by atoms with E-state index in [4.69, 9.17) is 4.74 Å². The minimum Gasteiger partial charge on any atom is -0.497 e. The van der Waals surface area contributed by atoms with Crippen LogP contribution in [0.4, 0.5) is 10.8 Å². The Hall–Kier alpha value is -2.15. The molecule has 0 aliphatic rings. The van der Waals surface area contributed by atoms with E-state index in [9.17, 15) is 4.79 Å². The third kappa shape index (κ3) is 3.91. The molecule has 0 radical (unpaired) electrons. The second-order valence-corrected chi connectivity index (χ2v) is 5.45. The van der Waals surface area contributed by atoms with E-state index in [2.05, 4.69) is 27.8 Å². The summed E-state index contributed by atoms with van der Waals surface area (Å²) in [4.78, 5) is 12.1. The first-order valence-electron chi connectivity index (χ1n) is 6.67. The van der Waals surface area contributed by atoms with Crippen molar-refractivity contribution in [2.45, 2.75) is 20.3 Å². The molecule has 0 spiro atoms. The molecule has 0 unspecified atom stereocenters. The summed E-state index contributed by atoms with van der Waals surface area (Å²) in [7, 11) is 1.61. The number of anilines is 2. The van der Waals surface area contributed by atoms with Crippen molar-refractivity contribution in [2.75, 3.05) is 24.3 Å². The van der Waals surface area contributed by atoms with E-state index in [-0.39, 0.29) is 5.91 Å². The molecular formula is C14H18N4O2S. The lowest BCUT2D eigenvalue weighted by atomic mass is 10.2. The van der Waals surface area contributed by atoms with Gasteiger partial charge < -0.3 is 15.4 Å². The lowest BCUT2D eigenvalue weighted by Crippen LogP contribution is -2.12. The molecule has 7 heteroatoms. The molecule has 0 aliphatic carbocycles. The molecule has 21 heavy (non-hydrogen) atoms. The number of methoxy groups -OCH3 is 1. The first kappa shape index (κ1) is 15.2. The fraction of sp³-hybridized carbons (Fsp3) is 0.357. The lowest BCUT2D eigenvalue weighted by molar-refractivity contribution is 0.102. The van der Waals surface area contributed by atoms with Crippen LogP contribution in [0.15, 0.2) is 18.2 Å². The summed E-state index contributed by atoms with van der Waals surface area (Å²) in [6.45, 7) is 4.79. The third-order valence-corrected chi connectivity index (χ3v) is 3.71. The Kier molecular flexibility index (Phi) is 5.10. The van der Waals surface area contributed by atoms with E-state index in [0.717, 1.165) is 30.0 Å². The summed E-state index contributed by atoms with van der Waals surface area (Å²) in [5.41, 5.74) is 1.66. The minimum absolute atomic E-state index is 0.259. The van der Waals surface area contributed by atoms with Crippen molar-refractivity contribution >= 4 is 28.1 Å². The molecule has 0 bridgehead atoms. The highest BCUT2D eigenvalue weighted by molar-refractivity contribution is 7.17. The van der Waals surface area contributed by atoms with E-state index in [1.807, 2.05) is 19.1 Å². The molecule has 0 atom stereocenters. The highest BCUT2D eigenvalue weighted by atomic mass is 32.1. The fourth-order valence-electron chi connectivity index (χ4n) is 1.70. The number of hydrogen-bond acceptors (Lipinski definition) is 6. The zero-order chi connectivity index (χ0) is 15.2. The number of carbonyl (C=O) groups excluding carboxylic acids is 1. The number of benzene rings is 1. The SMILES string of the molecule is CCCNc1nnc(C(=O)Nc2ccc(OC)cc2C)s1. The maximum Gasteiger partial charge on any atom is 0.286 e. The van der Waals surface area contributed by atoms with Crippen molar-refractivity contribution in [1.29, 1.82) is 0 Å². The Morgan fingerprint density at radius 3 is 2.86 bits per heavy atom.